The minimum atomic E-state index is -0.292. The second-order valence-electron chi connectivity index (χ2n) is 7.05. The Morgan fingerprint density at radius 1 is 1.00 bits per heavy atom. The molecule has 0 radical (unpaired) electrons. The van der Waals surface area contributed by atoms with Crippen LogP contribution in [0, 0.1) is 35.5 Å². The van der Waals surface area contributed by atoms with E-state index in [4.69, 9.17) is 9.47 Å². The second-order valence-corrected chi connectivity index (χ2v) is 7.05. The van der Waals surface area contributed by atoms with Crippen molar-refractivity contribution in [1.82, 2.24) is 0 Å². The lowest BCUT2D eigenvalue weighted by Gasteiger charge is -2.33. The number of ether oxygens (including phenoxy) is 2. The Hall–Kier alpha value is -1.51. The van der Waals surface area contributed by atoms with Crippen molar-refractivity contribution in [3.05, 3.63) is 37.6 Å². The normalized spacial score (nSPS) is 38.4. The molecule has 0 aromatic rings. The number of hydrogen-bond donors (Lipinski definition) is 0. The highest BCUT2D eigenvalue weighted by atomic mass is 16.5. The van der Waals surface area contributed by atoms with Crippen molar-refractivity contribution < 1.29 is 14.3 Å². The highest BCUT2D eigenvalue weighted by molar-refractivity contribution is 5.81. The molecule has 3 heteroatoms. The molecule has 3 nitrogen and oxygen atoms in total. The lowest BCUT2D eigenvalue weighted by Crippen LogP contribution is -2.31. The van der Waals surface area contributed by atoms with Gasteiger partial charge >= 0.3 is 5.97 Å². The van der Waals surface area contributed by atoms with Crippen molar-refractivity contribution in [3.8, 4) is 0 Å². The first-order valence-electron chi connectivity index (χ1n) is 8.37. The number of hydrogen-bond acceptors (Lipinski definition) is 3. The van der Waals surface area contributed by atoms with Crippen molar-refractivity contribution in [2.75, 3.05) is 13.2 Å². The Morgan fingerprint density at radius 2 is 1.77 bits per heavy atom. The molecule has 0 amide bonds. The fourth-order valence-corrected chi connectivity index (χ4v) is 5.32. The summed E-state index contributed by atoms with van der Waals surface area (Å²) in [5.74, 6) is 4.73. The van der Waals surface area contributed by atoms with Gasteiger partial charge in [-0.1, -0.05) is 19.7 Å². The molecule has 3 fully saturated rings. The Labute approximate surface area is 133 Å². The van der Waals surface area contributed by atoms with Crippen molar-refractivity contribution in [3.63, 3.8) is 0 Å². The number of fused-ring (bicyclic) bond motifs is 5. The summed E-state index contributed by atoms with van der Waals surface area (Å²) < 4.78 is 11.0. The Morgan fingerprint density at radius 3 is 2.50 bits per heavy atom. The lowest BCUT2D eigenvalue weighted by molar-refractivity contribution is -0.140. The van der Waals surface area contributed by atoms with E-state index < -0.39 is 0 Å². The summed E-state index contributed by atoms with van der Waals surface area (Å²) in [6, 6.07) is 0. The predicted molar refractivity (Wildman–Crippen MR) is 85.9 cm³/mol. The molecule has 0 aliphatic heterocycles. The number of esters is 1. The molecule has 0 spiro atoms. The third-order valence-electron chi connectivity index (χ3n) is 6.11. The fourth-order valence-electron chi connectivity index (χ4n) is 5.32. The van der Waals surface area contributed by atoms with Gasteiger partial charge in [0.05, 0.1) is 13.2 Å². The highest BCUT2D eigenvalue weighted by Gasteiger charge is 2.57. The van der Waals surface area contributed by atoms with Gasteiger partial charge < -0.3 is 9.47 Å². The van der Waals surface area contributed by atoms with Gasteiger partial charge in [0.2, 0.25) is 0 Å². The SMILES string of the molecule is C=CC(=C)OCC1CCC2C3CC(CC3COC(=O)C=C)C12. The van der Waals surface area contributed by atoms with Crippen LogP contribution in [-0.4, -0.2) is 19.2 Å². The number of allylic oxidation sites excluding steroid dienone is 1. The molecular weight excluding hydrogens is 276 g/mol. The summed E-state index contributed by atoms with van der Waals surface area (Å²) in [7, 11) is 0. The number of carbonyl (C=O) groups excluding carboxylic acids is 1. The van der Waals surface area contributed by atoms with Crippen LogP contribution in [0.3, 0.4) is 0 Å². The monoisotopic (exact) mass is 302 g/mol. The molecular formula is C19H26O3. The van der Waals surface area contributed by atoms with Gasteiger partial charge in [0, 0.05) is 6.08 Å². The third kappa shape index (κ3) is 2.73. The highest BCUT2D eigenvalue weighted by Crippen LogP contribution is 2.62. The van der Waals surface area contributed by atoms with Gasteiger partial charge in [0.15, 0.2) is 0 Å². The summed E-state index contributed by atoms with van der Waals surface area (Å²) >= 11 is 0. The fraction of sp³-hybridized carbons (Fsp3) is 0.632. The first-order valence-corrected chi connectivity index (χ1v) is 8.37. The van der Waals surface area contributed by atoms with Gasteiger partial charge in [-0.15, -0.1) is 0 Å². The predicted octanol–water partition coefficient (Wildman–Crippen LogP) is 3.73. The van der Waals surface area contributed by atoms with Crippen LogP contribution in [0.5, 0.6) is 0 Å². The number of carbonyl (C=O) groups is 1. The van der Waals surface area contributed by atoms with E-state index in [-0.39, 0.29) is 5.97 Å². The molecule has 0 aromatic carbocycles. The van der Waals surface area contributed by atoms with Gasteiger partial charge in [-0.25, -0.2) is 4.79 Å². The zero-order valence-electron chi connectivity index (χ0n) is 13.2. The summed E-state index contributed by atoms with van der Waals surface area (Å²) in [4.78, 5) is 11.3. The minimum absolute atomic E-state index is 0.292. The summed E-state index contributed by atoms with van der Waals surface area (Å²) in [5.41, 5.74) is 0. The van der Waals surface area contributed by atoms with E-state index in [1.165, 1.54) is 31.8 Å². The van der Waals surface area contributed by atoms with Gasteiger partial charge in [-0.3, -0.25) is 0 Å². The van der Waals surface area contributed by atoms with E-state index in [9.17, 15) is 4.79 Å². The van der Waals surface area contributed by atoms with E-state index in [0.717, 1.165) is 30.3 Å². The molecule has 2 bridgehead atoms. The van der Waals surface area contributed by atoms with Gasteiger partial charge in [0.1, 0.15) is 5.76 Å². The Bertz CT molecular complexity index is 481. The molecule has 6 atom stereocenters. The van der Waals surface area contributed by atoms with Gasteiger partial charge in [-0.05, 0) is 67.3 Å². The van der Waals surface area contributed by atoms with Crippen LogP contribution < -0.4 is 0 Å². The maximum Gasteiger partial charge on any atom is 0.330 e. The Kier molecular flexibility index (Phi) is 4.42. The molecule has 3 aliphatic carbocycles. The van der Waals surface area contributed by atoms with Crippen LogP contribution >= 0.6 is 0 Å². The van der Waals surface area contributed by atoms with Crippen molar-refractivity contribution in [2.45, 2.75) is 25.7 Å². The van der Waals surface area contributed by atoms with E-state index in [1.54, 1.807) is 6.08 Å². The average Bonchev–Trinajstić information content (AvgIpc) is 3.21. The molecule has 6 unspecified atom stereocenters. The van der Waals surface area contributed by atoms with Crippen LogP contribution in [0.4, 0.5) is 0 Å². The molecule has 0 aromatic heterocycles. The number of rotatable bonds is 7. The lowest BCUT2D eigenvalue weighted by atomic mass is 9.73. The first-order chi connectivity index (χ1) is 10.6. The van der Waals surface area contributed by atoms with Crippen LogP contribution in [0.2, 0.25) is 0 Å². The standard InChI is InChI=1S/C19H26O3/c1-4-12(3)21-10-13-6-7-16-17-9-14(19(13)16)8-15(17)11-22-18(20)5-2/h4-5,13-17,19H,1-3,6-11H2. The average molecular weight is 302 g/mol. The second kappa shape index (κ2) is 6.31. The zero-order chi connectivity index (χ0) is 15.7. The van der Waals surface area contributed by atoms with Crippen molar-refractivity contribution in [2.24, 2.45) is 35.5 Å². The van der Waals surface area contributed by atoms with Crippen LogP contribution in [0.1, 0.15) is 25.7 Å². The maximum atomic E-state index is 11.3. The van der Waals surface area contributed by atoms with Crippen molar-refractivity contribution in [1.29, 1.82) is 0 Å². The molecule has 3 aliphatic rings. The maximum absolute atomic E-state index is 11.3. The minimum Gasteiger partial charge on any atom is -0.494 e. The zero-order valence-corrected chi connectivity index (χ0v) is 13.2. The van der Waals surface area contributed by atoms with Crippen LogP contribution in [-0.2, 0) is 14.3 Å². The summed E-state index contributed by atoms with van der Waals surface area (Å²) in [6.45, 7) is 12.3. The molecule has 3 saturated carbocycles. The largest absolute Gasteiger partial charge is 0.494 e. The van der Waals surface area contributed by atoms with Crippen molar-refractivity contribution >= 4 is 5.97 Å². The topological polar surface area (TPSA) is 35.5 Å². The molecule has 0 saturated heterocycles. The summed E-state index contributed by atoms with van der Waals surface area (Å²) in [6.07, 6.45) is 8.00. The molecule has 22 heavy (non-hydrogen) atoms. The molecule has 0 N–H and O–H groups in total. The third-order valence-corrected chi connectivity index (χ3v) is 6.11. The van der Waals surface area contributed by atoms with E-state index in [2.05, 4.69) is 19.7 Å². The Balaban J connectivity index is 1.55. The summed E-state index contributed by atoms with van der Waals surface area (Å²) in [5, 5.41) is 0. The first kappa shape index (κ1) is 15.4. The van der Waals surface area contributed by atoms with E-state index >= 15 is 0 Å². The van der Waals surface area contributed by atoms with E-state index in [1.807, 2.05) is 0 Å². The van der Waals surface area contributed by atoms with E-state index in [0.29, 0.717) is 24.2 Å². The molecule has 3 rings (SSSR count). The van der Waals surface area contributed by atoms with Gasteiger partial charge in [-0.2, -0.15) is 0 Å². The quantitative estimate of drug-likeness (QED) is 0.311. The van der Waals surface area contributed by atoms with Crippen LogP contribution in [0.25, 0.3) is 0 Å². The smallest absolute Gasteiger partial charge is 0.330 e. The van der Waals surface area contributed by atoms with Gasteiger partial charge in [0.25, 0.3) is 0 Å². The molecule has 0 heterocycles. The molecule has 120 valence electrons. The van der Waals surface area contributed by atoms with Crippen LogP contribution in [0.15, 0.2) is 37.6 Å².